The van der Waals surface area contributed by atoms with Gasteiger partial charge in [-0.2, -0.15) is 0 Å². The Balaban J connectivity index is 1.67. The highest BCUT2D eigenvalue weighted by atomic mass is 79.9. The second kappa shape index (κ2) is 9.89. The zero-order valence-electron chi connectivity index (χ0n) is 15.3. The van der Waals surface area contributed by atoms with Crippen molar-refractivity contribution in [2.75, 3.05) is 6.54 Å². The van der Waals surface area contributed by atoms with E-state index in [0.29, 0.717) is 17.0 Å². The third-order valence-corrected chi connectivity index (χ3v) is 6.18. The first-order valence-corrected chi connectivity index (χ1v) is 10.8. The van der Waals surface area contributed by atoms with Crippen LogP contribution in [0.25, 0.3) is 0 Å². The summed E-state index contributed by atoms with van der Waals surface area (Å²) in [5, 5.41) is 14.4. The Bertz CT molecular complexity index is 897. The lowest BCUT2D eigenvalue weighted by Gasteiger charge is -2.13. The van der Waals surface area contributed by atoms with Gasteiger partial charge in [0.2, 0.25) is 0 Å². The number of hydrogen-bond acceptors (Lipinski definition) is 4. The van der Waals surface area contributed by atoms with Crippen LogP contribution in [0.1, 0.15) is 42.5 Å². The Morgan fingerprint density at radius 2 is 1.96 bits per heavy atom. The zero-order valence-corrected chi connectivity index (χ0v) is 17.7. The van der Waals surface area contributed by atoms with Gasteiger partial charge < -0.3 is 5.32 Å². The summed E-state index contributed by atoms with van der Waals surface area (Å²) in [6.07, 6.45) is 7.77. The van der Waals surface area contributed by atoms with E-state index >= 15 is 0 Å². The highest BCUT2D eigenvalue weighted by Gasteiger charge is 2.18. The molecule has 7 heteroatoms. The van der Waals surface area contributed by atoms with Crippen molar-refractivity contribution in [1.29, 1.82) is 0 Å². The minimum absolute atomic E-state index is 0.0597. The van der Waals surface area contributed by atoms with Crippen molar-refractivity contribution in [3.8, 4) is 0 Å². The third-order valence-electron chi connectivity index (χ3n) is 4.58. The van der Waals surface area contributed by atoms with E-state index in [2.05, 4.69) is 27.3 Å². The van der Waals surface area contributed by atoms with Gasteiger partial charge in [0.15, 0.2) is 0 Å². The van der Waals surface area contributed by atoms with Crippen molar-refractivity contribution in [2.24, 2.45) is 0 Å². The van der Waals surface area contributed by atoms with Crippen LogP contribution in [0.15, 0.2) is 68.4 Å². The molecule has 1 aliphatic rings. The second-order valence-corrected chi connectivity index (χ2v) is 8.64. The molecule has 0 fully saturated rings. The maximum absolute atomic E-state index is 12.4. The highest BCUT2D eigenvalue weighted by molar-refractivity contribution is 9.10. The van der Waals surface area contributed by atoms with Crippen LogP contribution in [0, 0.1) is 10.1 Å². The number of carbonyl (C=O) groups is 1. The van der Waals surface area contributed by atoms with Crippen LogP contribution >= 0.6 is 27.7 Å². The first-order chi connectivity index (χ1) is 13.5. The average molecular weight is 461 g/mol. The van der Waals surface area contributed by atoms with Crippen LogP contribution in [-0.2, 0) is 0 Å². The fourth-order valence-electron chi connectivity index (χ4n) is 3.09. The summed E-state index contributed by atoms with van der Waals surface area (Å²) >= 11 is 4.68. The van der Waals surface area contributed by atoms with Crippen molar-refractivity contribution in [2.45, 2.75) is 41.9 Å². The normalized spacial score (nSPS) is 13.7. The van der Waals surface area contributed by atoms with E-state index in [1.165, 1.54) is 36.2 Å². The van der Waals surface area contributed by atoms with Crippen molar-refractivity contribution in [1.82, 2.24) is 5.32 Å². The summed E-state index contributed by atoms with van der Waals surface area (Å²) < 4.78 is 0.947. The number of nitrogens with zero attached hydrogens (tertiary/aromatic N) is 1. The summed E-state index contributed by atoms with van der Waals surface area (Å²) in [5.74, 6) is -0.278. The number of allylic oxidation sites excluding steroid dienone is 1. The fraction of sp³-hybridized carbons (Fsp3) is 0.286. The summed E-state index contributed by atoms with van der Waals surface area (Å²) in [5.41, 5.74) is 1.64. The molecule has 5 nitrogen and oxygen atoms in total. The van der Waals surface area contributed by atoms with Crippen LogP contribution < -0.4 is 5.32 Å². The monoisotopic (exact) mass is 460 g/mol. The predicted octanol–water partition coefficient (Wildman–Crippen LogP) is 6.13. The lowest BCUT2D eigenvalue weighted by atomic mass is 9.97. The van der Waals surface area contributed by atoms with E-state index < -0.39 is 4.92 Å². The molecule has 0 aliphatic heterocycles. The number of carbonyl (C=O) groups excluding carboxylic acids is 1. The van der Waals surface area contributed by atoms with Crippen LogP contribution in [0.3, 0.4) is 0 Å². The van der Waals surface area contributed by atoms with Crippen LogP contribution in [0.5, 0.6) is 0 Å². The van der Waals surface area contributed by atoms with E-state index in [9.17, 15) is 14.9 Å². The molecule has 0 saturated heterocycles. The quantitative estimate of drug-likeness (QED) is 0.306. The van der Waals surface area contributed by atoms with Crippen molar-refractivity contribution < 1.29 is 9.72 Å². The van der Waals surface area contributed by atoms with Gasteiger partial charge in [0, 0.05) is 27.5 Å². The van der Waals surface area contributed by atoms with Crippen molar-refractivity contribution in [3.05, 3.63) is 74.3 Å². The number of nitrogens with one attached hydrogen (secondary N) is 1. The summed E-state index contributed by atoms with van der Waals surface area (Å²) in [6, 6.07) is 12.2. The van der Waals surface area contributed by atoms with Gasteiger partial charge in [-0.05, 0) is 68.5 Å². The minimum atomic E-state index is -0.440. The first-order valence-electron chi connectivity index (χ1n) is 9.21. The molecule has 0 radical (unpaired) electrons. The van der Waals surface area contributed by atoms with Gasteiger partial charge >= 0.3 is 0 Å². The average Bonchev–Trinajstić information content (AvgIpc) is 2.70. The maximum atomic E-state index is 12.4. The third kappa shape index (κ3) is 5.69. The standard InChI is InChI=1S/C21H21BrN2O3S/c22-17-7-9-18(10-8-17)28-20-11-6-16(14-19(20)24(26)27)21(25)23-13-12-15-4-2-1-3-5-15/h4,6-11,14H,1-3,5,12-13H2,(H,23,25). The molecule has 28 heavy (non-hydrogen) atoms. The Kier molecular flexibility index (Phi) is 7.28. The first kappa shape index (κ1) is 20.6. The van der Waals surface area contributed by atoms with Crippen LogP contribution in [0.2, 0.25) is 0 Å². The number of benzene rings is 2. The van der Waals surface area contributed by atoms with Crippen LogP contribution in [-0.4, -0.2) is 17.4 Å². The lowest BCUT2D eigenvalue weighted by molar-refractivity contribution is -0.387. The van der Waals surface area contributed by atoms with E-state index in [4.69, 9.17) is 0 Å². The molecule has 0 heterocycles. The van der Waals surface area contributed by atoms with Gasteiger partial charge in [-0.3, -0.25) is 14.9 Å². The van der Waals surface area contributed by atoms with Gasteiger partial charge in [0.1, 0.15) is 0 Å². The summed E-state index contributed by atoms with van der Waals surface area (Å²) in [7, 11) is 0. The van der Waals surface area contributed by atoms with Gasteiger partial charge in [-0.1, -0.05) is 39.3 Å². The largest absolute Gasteiger partial charge is 0.352 e. The number of rotatable bonds is 7. The molecule has 0 spiro atoms. The fourth-order valence-corrected chi connectivity index (χ4v) is 4.25. The molecule has 0 unspecified atom stereocenters. The molecule has 1 aliphatic carbocycles. The molecule has 0 aromatic heterocycles. The lowest BCUT2D eigenvalue weighted by Crippen LogP contribution is -2.25. The van der Waals surface area contributed by atoms with Crippen molar-refractivity contribution in [3.63, 3.8) is 0 Å². The van der Waals surface area contributed by atoms with Crippen molar-refractivity contribution >= 4 is 39.3 Å². The molecule has 0 atom stereocenters. The molecule has 2 aromatic rings. The Hall–Kier alpha value is -2.12. The second-order valence-electron chi connectivity index (χ2n) is 6.61. The van der Waals surface area contributed by atoms with Gasteiger partial charge in [0.05, 0.1) is 9.82 Å². The summed E-state index contributed by atoms with van der Waals surface area (Å²) in [4.78, 5) is 24.9. The van der Waals surface area contributed by atoms with Gasteiger partial charge in [0.25, 0.3) is 11.6 Å². The summed E-state index contributed by atoms with van der Waals surface area (Å²) in [6.45, 7) is 0.549. The van der Waals surface area contributed by atoms with E-state index in [1.807, 2.05) is 24.3 Å². The SMILES string of the molecule is O=C(NCCC1=CCCCC1)c1ccc(Sc2ccc(Br)cc2)c([N+](=O)[O-])c1. The Labute approximate surface area is 176 Å². The molecular weight excluding hydrogens is 440 g/mol. The molecule has 1 amide bonds. The Morgan fingerprint density at radius 3 is 2.64 bits per heavy atom. The number of nitro groups is 1. The molecule has 146 valence electrons. The molecule has 2 aromatic carbocycles. The molecule has 0 bridgehead atoms. The topological polar surface area (TPSA) is 72.2 Å². The molecule has 3 rings (SSSR count). The number of amides is 1. The Morgan fingerprint density at radius 1 is 1.18 bits per heavy atom. The minimum Gasteiger partial charge on any atom is -0.352 e. The maximum Gasteiger partial charge on any atom is 0.284 e. The van der Waals surface area contributed by atoms with Gasteiger partial charge in [-0.15, -0.1) is 0 Å². The smallest absolute Gasteiger partial charge is 0.284 e. The number of halogens is 1. The molecule has 1 N–H and O–H groups in total. The number of hydrogen-bond donors (Lipinski definition) is 1. The van der Waals surface area contributed by atoms with Gasteiger partial charge in [-0.25, -0.2) is 0 Å². The molecular formula is C21H21BrN2O3S. The number of nitro benzene ring substituents is 1. The molecule has 0 saturated carbocycles. The van der Waals surface area contributed by atoms with E-state index in [-0.39, 0.29) is 11.6 Å². The van der Waals surface area contributed by atoms with Crippen LogP contribution in [0.4, 0.5) is 5.69 Å². The zero-order chi connectivity index (χ0) is 19.9. The predicted molar refractivity (Wildman–Crippen MR) is 115 cm³/mol. The van der Waals surface area contributed by atoms with E-state index in [0.717, 1.165) is 28.6 Å². The highest BCUT2D eigenvalue weighted by Crippen LogP contribution is 2.35. The van der Waals surface area contributed by atoms with E-state index in [1.54, 1.807) is 12.1 Å².